The Hall–Kier alpha value is -1.75. The van der Waals surface area contributed by atoms with Gasteiger partial charge in [-0.3, -0.25) is 9.78 Å². The van der Waals surface area contributed by atoms with Crippen molar-refractivity contribution in [3.63, 3.8) is 0 Å². The second-order valence-electron chi connectivity index (χ2n) is 3.35. The number of hydrogen-bond acceptors (Lipinski definition) is 2. The van der Waals surface area contributed by atoms with E-state index in [1.54, 1.807) is 24.3 Å². The summed E-state index contributed by atoms with van der Waals surface area (Å²) in [5.74, 6) is -0.788. The van der Waals surface area contributed by atoms with Gasteiger partial charge in [-0.2, -0.15) is 0 Å². The number of hydrogen-bond donors (Lipinski definition) is 1. The van der Waals surface area contributed by atoms with Gasteiger partial charge in [0.05, 0.1) is 18.1 Å². The number of aromatic nitrogens is 1. The van der Waals surface area contributed by atoms with E-state index in [-0.39, 0.29) is 5.91 Å². The summed E-state index contributed by atoms with van der Waals surface area (Å²) >= 11 is 3.28. The Labute approximate surface area is 106 Å². The molecule has 1 aromatic heterocycles. The first kappa shape index (κ1) is 11.7. The minimum Gasteiger partial charge on any atom is -0.320 e. The fourth-order valence-electron chi connectivity index (χ4n) is 1.28. The Kier molecular flexibility index (Phi) is 3.49. The van der Waals surface area contributed by atoms with Crippen molar-refractivity contribution in [2.24, 2.45) is 0 Å². The fourth-order valence-corrected chi connectivity index (χ4v) is 1.55. The lowest BCUT2D eigenvalue weighted by atomic mass is 10.2. The first-order valence-electron chi connectivity index (χ1n) is 4.82. The summed E-state index contributed by atoms with van der Waals surface area (Å²) in [6.07, 6.45) is 2.47. The van der Waals surface area contributed by atoms with E-state index in [0.29, 0.717) is 11.3 Å². The highest BCUT2D eigenvalue weighted by atomic mass is 79.9. The second kappa shape index (κ2) is 5.05. The number of carbonyl (C=O) groups is 1. The molecule has 2 aromatic rings. The predicted octanol–water partition coefficient (Wildman–Crippen LogP) is 3.24. The van der Waals surface area contributed by atoms with Gasteiger partial charge in [0.1, 0.15) is 5.82 Å². The molecule has 86 valence electrons. The monoisotopic (exact) mass is 294 g/mol. The molecule has 0 aliphatic heterocycles. The van der Waals surface area contributed by atoms with Gasteiger partial charge in [0, 0.05) is 16.1 Å². The van der Waals surface area contributed by atoms with Crippen LogP contribution in [0.25, 0.3) is 0 Å². The van der Waals surface area contributed by atoms with Crippen molar-refractivity contribution in [1.29, 1.82) is 0 Å². The molecule has 2 rings (SSSR count). The summed E-state index contributed by atoms with van der Waals surface area (Å²) in [4.78, 5) is 15.4. The van der Waals surface area contributed by atoms with Crippen LogP contribution in [-0.2, 0) is 0 Å². The molecule has 1 N–H and O–H groups in total. The zero-order valence-corrected chi connectivity index (χ0v) is 10.2. The van der Waals surface area contributed by atoms with Gasteiger partial charge in [-0.15, -0.1) is 0 Å². The number of nitrogens with zero attached hydrogens (tertiary/aromatic N) is 1. The van der Waals surface area contributed by atoms with Gasteiger partial charge < -0.3 is 5.32 Å². The van der Waals surface area contributed by atoms with Crippen LogP contribution in [0.5, 0.6) is 0 Å². The van der Waals surface area contributed by atoms with Crippen molar-refractivity contribution >= 4 is 27.5 Å². The Morgan fingerprint density at radius 1 is 1.24 bits per heavy atom. The standard InChI is InChI=1S/C12H8BrFN2O/c13-9-3-1-8(2-4-9)12(17)16-11-5-10(14)6-15-7-11/h1-7H,(H,16,17). The van der Waals surface area contributed by atoms with Crippen molar-refractivity contribution in [1.82, 2.24) is 4.98 Å². The van der Waals surface area contributed by atoms with Crippen LogP contribution in [0.1, 0.15) is 10.4 Å². The van der Waals surface area contributed by atoms with Gasteiger partial charge in [0.2, 0.25) is 0 Å². The topological polar surface area (TPSA) is 42.0 Å². The highest BCUT2D eigenvalue weighted by Crippen LogP contribution is 2.13. The first-order valence-corrected chi connectivity index (χ1v) is 5.62. The van der Waals surface area contributed by atoms with Crippen molar-refractivity contribution in [2.45, 2.75) is 0 Å². The number of benzene rings is 1. The largest absolute Gasteiger partial charge is 0.320 e. The lowest BCUT2D eigenvalue weighted by molar-refractivity contribution is 0.102. The lowest BCUT2D eigenvalue weighted by Gasteiger charge is -2.04. The summed E-state index contributed by atoms with van der Waals surface area (Å²) in [6, 6.07) is 8.08. The third-order valence-electron chi connectivity index (χ3n) is 2.07. The summed E-state index contributed by atoms with van der Waals surface area (Å²) in [5.41, 5.74) is 0.829. The molecule has 0 aliphatic carbocycles. The number of halogens is 2. The molecule has 5 heteroatoms. The van der Waals surface area contributed by atoms with Crippen molar-refractivity contribution in [2.75, 3.05) is 5.32 Å². The van der Waals surface area contributed by atoms with Gasteiger partial charge in [0.25, 0.3) is 5.91 Å². The van der Waals surface area contributed by atoms with Gasteiger partial charge in [-0.25, -0.2) is 4.39 Å². The molecule has 0 saturated carbocycles. The molecule has 0 fully saturated rings. The molecule has 0 saturated heterocycles. The molecule has 0 spiro atoms. The number of nitrogens with one attached hydrogen (secondary N) is 1. The Morgan fingerprint density at radius 3 is 2.59 bits per heavy atom. The second-order valence-corrected chi connectivity index (χ2v) is 4.27. The minimum absolute atomic E-state index is 0.301. The van der Waals surface area contributed by atoms with Crippen LogP contribution in [0.15, 0.2) is 47.2 Å². The fraction of sp³-hybridized carbons (Fsp3) is 0. The summed E-state index contributed by atoms with van der Waals surface area (Å²) < 4.78 is 13.7. The summed E-state index contributed by atoms with van der Waals surface area (Å²) in [6.45, 7) is 0. The van der Waals surface area contributed by atoms with E-state index in [2.05, 4.69) is 26.2 Å². The van der Waals surface area contributed by atoms with E-state index in [1.807, 2.05) is 0 Å². The smallest absolute Gasteiger partial charge is 0.255 e. The van der Waals surface area contributed by atoms with Gasteiger partial charge in [-0.05, 0) is 24.3 Å². The molecule has 1 heterocycles. The third-order valence-corrected chi connectivity index (χ3v) is 2.60. The maximum Gasteiger partial charge on any atom is 0.255 e. The summed E-state index contributed by atoms with van der Waals surface area (Å²) in [5, 5.41) is 2.56. The molecule has 0 bridgehead atoms. The molecule has 1 amide bonds. The molecule has 0 radical (unpaired) electrons. The average molecular weight is 295 g/mol. The predicted molar refractivity (Wildman–Crippen MR) is 66.3 cm³/mol. The van der Waals surface area contributed by atoms with E-state index < -0.39 is 5.82 Å². The number of pyridine rings is 1. The Morgan fingerprint density at radius 2 is 1.94 bits per heavy atom. The van der Waals surface area contributed by atoms with Crippen LogP contribution in [0.2, 0.25) is 0 Å². The van der Waals surface area contributed by atoms with Crippen LogP contribution >= 0.6 is 15.9 Å². The van der Waals surface area contributed by atoms with Crippen molar-refractivity contribution in [3.05, 3.63) is 58.6 Å². The van der Waals surface area contributed by atoms with E-state index in [4.69, 9.17) is 0 Å². The highest BCUT2D eigenvalue weighted by molar-refractivity contribution is 9.10. The number of anilines is 1. The van der Waals surface area contributed by atoms with Crippen LogP contribution < -0.4 is 5.32 Å². The van der Waals surface area contributed by atoms with Crippen LogP contribution in [-0.4, -0.2) is 10.9 Å². The summed E-state index contributed by atoms with van der Waals surface area (Å²) in [7, 11) is 0. The molecular weight excluding hydrogens is 287 g/mol. The third kappa shape index (κ3) is 3.10. The maximum atomic E-state index is 12.9. The maximum absolute atomic E-state index is 12.9. The quantitative estimate of drug-likeness (QED) is 0.924. The van der Waals surface area contributed by atoms with Gasteiger partial charge >= 0.3 is 0 Å². The van der Waals surface area contributed by atoms with Crippen LogP contribution in [0.4, 0.5) is 10.1 Å². The minimum atomic E-state index is -0.487. The zero-order chi connectivity index (χ0) is 12.3. The van der Waals surface area contributed by atoms with E-state index in [9.17, 15) is 9.18 Å². The Balaban J connectivity index is 2.14. The molecular formula is C12H8BrFN2O. The molecule has 0 atom stereocenters. The van der Waals surface area contributed by atoms with E-state index >= 15 is 0 Å². The van der Waals surface area contributed by atoms with Gasteiger partial charge in [0.15, 0.2) is 0 Å². The number of rotatable bonds is 2. The van der Waals surface area contributed by atoms with E-state index in [0.717, 1.165) is 10.7 Å². The molecule has 17 heavy (non-hydrogen) atoms. The molecule has 1 aromatic carbocycles. The normalized spacial score (nSPS) is 10.0. The molecule has 0 unspecified atom stereocenters. The van der Waals surface area contributed by atoms with E-state index in [1.165, 1.54) is 12.3 Å². The van der Waals surface area contributed by atoms with Crippen LogP contribution in [0, 0.1) is 5.82 Å². The van der Waals surface area contributed by atoms with Gasteiger partial charge in [-0.1, -0.05) is 15.9 Å². The number of carbonyl (C=O) groups excluding carboxylic acids is 1. The molecule has 3 nitrogen and oxygen atoms in total. The average Bonchev–Trinajstić information content (AvgIpc) is 2.29. The number of amides is 1. The zero-order valence-electron chi connectivity index (χ0n) is 8.65. The first-order chi connectivity index (χ1) is 8.15. The van der Waals surface area contributed by atoms with Crippen molar-refractivity contribution in [3.8, 4) is 0 Å². The lowest BCUT2D eigenvalue weighted by Crippen LogP contribution is -2.11. The highest BCUT2D eigenvalue weighted by Gasteiger charge is 2.06. The van der Waals surface area contributed by atoms with Crippen LogP contribution in [0.3, 0.4) is 0 Å². The Bertz CT molecular complexity index is 542. The SMILES string of the molecule is O=C(Nc1cncc(F)c1)c1ccc(Br)cc1. The molecule has 0 aliphatic rings. The van der Waals surface area contributed by atoms with Crippen molar-refractivity contribution < 1.29 is 9.18 Å².